The summed E-state index contributed by atoms with van der Waals surface area (Å²) in [5, 5.41) is 8.10. The lowest BCUT2D eigenvalue weighted by Crippen LogP contribution is -2.57. The number of rotatable bonds is 5. The summed E-state index contributed by atoms with van der Waals surface area (Å²) in [7, 11) is 0. The molecule has 32 heavy (non-hydrogen) atoms. The van der Waals surface area contributed by atoms with Gasteiger partial charge in [0.05, 0.1) is 25.5 Å². The molecule has 8 nitrogen and oxygen atoms in total. The second-order valence-corrected chi connectivity index (χ2v) is 9.04. The van der Waals surface area contributed by atoms with E-state index in [4.69, 9.17) is 39.5 Å². The Balaban J connectivity index is 1.40. The number of hydrogen-bond donors (Lipinski definition) is 2. The van der Waals surface area contributed by atoms with E-state index < -0.39 is 0 Å². The van der Waals surface area contributed by atoms with Gasteiger partial charge in [-0.3, -0.25) is 4.79 Å². The zero-order valence-electron chi connectivity index (χ0n) is 17.7. The van der Waals surface area contributed by atoms with Gasteiger partial charge >= 0.3 is 0 Å². The molecule has 0 spiro atoms. The summed E-state index contributed by atoms with van der Waals surface area (Å²) in [6, 6.07) is 4.97. The van der Waals surface area contributed by atoms with Crippen LogP contribution in [0, 0.1) is 0 Å². The summed E-state index contributed by atoms with van der Waals surface area (Å²) in [4.78, 5) is 25.6. The number of hydrogen-bond acceptors (Lipinski definition) is 7. The summed E-state index contributed by atoms with van der Waals surface area (Å²) in [5.41, 5.74) is 0.889. The standard InChI is InChI=1S/C21H25Cl3N6O2/c1-13(15-3-2-14(22)10-16(15)23)27-19-17(24)11-26-21(28-19)30-7-5-29(6-8-30)20(31)18-12-32-9-4-25-18/h2-3,10-11,13,18,25H,4-9,12H2,1H3,(H,26,27,28)/t13-,18+/m1/s1. The van der Waals surface area contributed by atoms with Crippen LogP contribution in [0.5, 0.6) is 0 Å². The summed E-state index contributed by atoms with van der Waals surface area (Å²) in [6.07, 6.45) is 1.59. The molecule has 1 aromatic carbocycles. The van der Waals surface area contributed by atoms with Gasteiger partial charge in [0.25, 0.3) is 0 Å². The van der Waals surface area contributed by atoms with E-state index in [2.05, 4.69) is 25.5 Å². The lowest BCUT2D eigenvalue weighted by Gasteiger charge is -2.37. The number of piperazine rings is 1. The molecule has 2 fully saturated rings. The van der Waals surface area contributed by atoms with Crippen LogP contribution in [-0.4, -0.2) is 72.8 Å². The number of anilines is 2. The molecule has 2 N–H and O–H groups in total. The highest BCUT2D eigenvalue weighted by atomic mass is 35.5. The fraction of sp³-hybridized carbons (Fsp3) is 0.476. The molecule has 1 amide bonds. The number of ether oxygens (including phenoxy) is 1. The van der Waals surface area contributed by atoms with Crippen molar-refractivity contribution in [2.75, 3.05) is 56.2 Å². The summed E-state index contributed by atoms with van der Waals surface area (Å²) >= 11 is 18.7. The molecule has 172 valence electrons. The Kier molecular flexibility index (Phi) is 7.58. The predicted molar refractivity (Wildman–Crippen MR) is 127 cm³/mol. The Hall–Kier alpha value is -1.84. The lowest BCUT2D eigenvalue weighted by molar-refractivity contribution is -0.136. The maximum Gasteiger partial charge on any atom is 0.242 e. The van der Waals surface area contributed by atoms with Crippen molar-refractivity contribution in [3.63, 3.8) is 0 Å². The van der Waals surface area contributed by atoms with Crippen LogP contribution in [0.1, 0.15) is 18.5 Å². The fourth-order valence-corrected chi connectivity index (χ4v) is 4.54. The van der Waals surface area contributed by atoms with Gasteiger partial charge in [0.2, 0.25) is 11.9 Å². The Morgan fingerprint density at radius 3 is 2.69 bits per heavy atom. The third-order valence-corrected chi connectivity index (χ3v) is 6.45. The number of nitrogens with one attached hydrogen (secondary N) is 2. The van der Waals surface area contributed by atoms with Gasteiger partial charge in [0, 0.05) is 42.8 Å². The summed E-state index contributed by atoms with van der Waals surface area (Å²) in [6.45, 7) is 6.21. The highest BCUT2D eigenvalue weighted by molar-refractivity contribution is 6.35. The average molecular weight is 500 g/mol. The van der Waals surface area contributed by atoms with Gasteiger partial charge in [-0.15, -0.1) is 0 Å². The molecule has 0 bridgehead atoms. The minimum atomic E-state index is -0.265. The van der Waals surface area contributed by atoms with E-state index in [9.17, 15) is 4.79 Å². The number of carbonyl (C=O) groups is 1. The van der Waals surface area contributed by atoms with Gasteiger partial charge in [-0.2, -0.15) is 4.98 Å². The van der Waals surface area contributed by atoms with E-state index >= 15 is 0 Å². The van der Waals surface area contributed by atoms with Gasteiger partial charge in [0.1, 0.15) is 11.1 Å². The van der Waals surface area contributed by atoms with E-state index in [1.807, 2.05) is 17.9 Å². The first-order valence-corrected chi connectivity index (χ1v) is 11.6. The maximum absolute atomic E-state index is 12.7. The number of nitrogens with zero attached hydrogens (tertiary/aromatic N) is 4. The Morgan fingerprint density at radius 1 is 1.22 bits per heavy atom. The molecule has 11 heteroatoms. The molecular weight excluding hydrogens is 475 g/mol. The molecular formula is C21H25Cl3N6O2. The van der Waals surface area contributed by atoms with Gasteiger partial charge in [-0.05, 0) is 24.6 Å². The second kappa shape index (κ2) is 10.4. The predicted octanol–water partition coefficient (Wildman–Crippen LogP) is 3.25. The fourth-order valence-electron chi connectivity index (χ4n) is 3.82. The van der Waals surface area contributed by atoms with Crippen LogP contribution in [0.4, 0.5) is 11.8 Å². The number of halogens is 3. The SMILES string of the molecule is C[C@@H](Nc1nc(N2CCN(C(=O)[C@@H]3COCCN3)CC2)ncc1Cl)c1ccc(Cl)cc1Cl. The van der Waals surface area contributed by atoms with Gasteiger partial charge < -0.3 is 25.2 Å². The molecule has 2 saturated heterocycles. The largest absolute Gasteiger partial charge is 0.378 e. The number of morpholine rings is 1. The normalized spacial score (nSPS) is 20.2. The first-order valence-electron chi connectivity index (χ1n) is 10.5. The second-order valence-electron chi connectivity index (χ2n) is 7.79. The van der Waals surface area contributed by atoms with Crippen molar-refractivity contribution >= 4 is 52.5 Å². The van der Waals surface area contributed by atoms with Crippen LogP contribution in [-0.2, 0) is 9.53 Å². The Morgan fingerprint density at radius 2 is 2.00 bits per heavy atom. The third kappa shape index (κ3) is 5.38. The topological polar surface area (TPSA) is 82.6 Å². The van der Waals surface area contributed by atoms with Crippen LogP contribution in [0.2, 0.25) is 15.1 Å². The molecule has 0 unspecified atom stereocenters. The monoisotopic (exact) mass is 498 g/mol. The zero-order valence-corrected chi connectivity index (χ0v) is 19.9. The average Bonchev–Trinajstić information content (AvgIpc) is 2.80. The number of amides is 1. The van der Waals surface area contributed by atoms with E-state index in [-0.39, 0.29) is 18.0 Å². The van der Waals surface area contributed by atoms with E-state index in [1.165, 1.54) is 0 Å². The zero-order chi connectivity index (χ0) is 22.7. The molecule has 0 aliphatic carbocycles. The van der Waals surface area contributed by atoms with Crippen LogP contribution in [0.25, 0.3) is 0 Å². The molecule has 2 atom stereocenters. The first kappa shape index (κ1) is 23.3. The van der Waals surface area contributed by atoms with E-state index in [0.29, 0.717) is 72.8 Å². The Bertz CT molecular complexity index is 965. The summed E-state index contributed by atoms with van der Waals surface area (Å²) < 4.78 is 5.41. The van der Waals surface area contributed by atoms with Crippen LogP contribution >= 0.6 is 34.8 Å². The minimum Gasteiger partial charge on any atom is -0.378 e. The number of carbonyl (C=O) groups excluding carboxylic acids is 1. The van der Waals surface area contributed by atoms with Crippen molar-refractivity contribution in [2.24, 2.45) is 0 Å². The minimum absolute atomic E-state index is 0.0809. The van der Waals surface area contributed by atoms with Crippen molar-refractivity contribution in [3.8, 4) is 0 Å². The number of aromatic nitrogens is 2. The van der Waals surface area contributed by atoms with Gasteiger partial charge in [-0.1, -0.05) is 40.9 Å². The van der Waals surface area contributed by atoms with Crippen molar-refractivity contribution in [3.05, 3.63) is 45.0 Å². The van der Waals surface area contributed by atoms with Crippen molar-refractivity contribution < 1.29 is 9.53 Å². The summed E-state index contributed by atoms with van der Waals surface area (Å²) in [5.74, 6) is 1.17. The highest BCUT2D eigenvalue weighted by Crippen LogP contribution is 2.30. The van der Waals surface area contributed by atoms with Crippen LogP contribution in [0.3, 0.4) is 0 Å². The Labute approximate surface area is 202 Å². The molecule has 3 heterocycles. The smallest absolute Gasteiger partial charge is 0.242 e. The molecule has 4 rings (SSSR count). The quantitative estimate of drug-likeness (QED) is 0.653. The highest BCUT2D eigenvalue weighted by Gasteiger charge is 2.29. The molecule has 2 aliphatic heterocycles. The molecule has 1 aromatic heterocycles. The van der Waals surface area contributed by atoms with Gasteiger partial charge in [0.15, 0.2) is 5.82 Å². The molecule has 2 aromatic rings. The lowest BCUT2D eigenvalue weighted by atomic mass is 10.1. The van der Waals surface area contributed by atoms with Crippen LogP contribution in [0.15, 0.2) is 24.4 Å². The number of benzene rings is 1. The van der Waals surface area contributed by atoms with Gasteiger partial charge in [-0.25, -0.2) is 4.98 Å². The maximum atomic E-state index is 12.7. The molecule has 2 aliphatic rings. The molecule has 0 radical (unpaired) electrons. The van der Waals surface area contributed by atoms with Crippen molar-refractivity contribution in [2.45, 2.75) is 19.0 Å². The third-order valence-electron chi connectivity index (χ3n) is 5.61. The van der Waals surface area contributed by atoms with Crippen molar-refractivity contribution in [1.29, 1.82) is 0 Å². The first-order chi connectivity index (χ1) is 15.4. The van der Waals surface area contributed by atoms with Crippen LogP contribution < -0.4 is 15.5 Å². The van der Waals surface area contributed by atoms with E-state index in [0.717, 1.165) is 5.56 Å². The van der Waals surface area contributed by atoms with Crippen molar-refractivity contribution in [1.82, 2.24) is 20.2 Å². The van der Waals surface area contributed by atoms with E-state index in [1.54, 1.807) is 18.3 Å². The molecule has 0 saturated carbocycles.